The van der Waals surface area contributed by atoms with Crippen LogP contribution in [0, 0.1) is 0 Å². The van der Waals surface area contributed by atoms with Crippen molar-refractivity contribution in [2.75, 3.05) is 13.0 Å². The molecule has 4 heteroatoms. The minimum Gasteiger partial charge on any atom is -0.496 e. The lowest BCUT2D eigenvalue weighted by molar-refractivity contribution is -0.116. The number of carbonyl (C=O) groups is 1. The van der Waals surface area contributed by atoms with Crippen LogP contribution in [-0.4, -0.2) is 18.8 Å². The number of methoxy groups -OCH3 is 1. The van der Waals surface area contributed by atoms with E-state index in [1.54, 1.807) is 7.11 Å². The maximum Gasteiger partial charge on any atom is 0.151 e. The van der Waals surface area contributed by atoms with Gasteiger partial charge in [0.15, 0.2) is 5.78 Å². The molecule has 0 radical (unpaired) electrons. The van der Waals surface area contributed by atoms with E-state index in [0.29, 0.717) is 6.42 Å². The summed E-state index contributed by atoms with van der Waals surface area (Å²) in [7, 11) is 1.59. The van der Waals surface area contributed by atoms with Crippen LogP contribution in [0.25, 0.3) is 0 Å². The summed E-state index contributed by atoms with van der Waals surface area (Å²) < 4.78 is 5.93. The molecule has 0 saturated heterocycles. The third-order valence-electron chi connectivity index (χ3n) is 1.80. The van der Waals surface area contributed by atoms with Crippen molar-refractivity contribution in [3.63, 3.8) is 0 Å². The first-order valence-corrected chi connectivity index (χ1v) is 5.40. The van der Waals surface area contributed by atoms with Crippen molar-refractivity contribution in [3.05, 3.63) is 28.2 Å². The van der Waals surface area contributed by atoms with Crippen molar-refractivity contribution in [1.82, 2.24) is 0 Å². The lowest BCUT2D eigenvalue weighted by Crippen LogP contribution is -2.04. The monoisotopic (exact) mass is 276 g/mol. The predicted octanol–water partition coefficient (Wildman–Crippen LogP) is 2.81. The maximum absolute atomic E-state index is 11.1. The number of ketones is 1. The van der Waals surface area contributed by atoms with E-state index >= 15 is 0 Å². The predicted molar refractivity (Wildman–Crippen MR) is 60.1 cm³/mol. The molecule has 0 heterocycles. The number of alkyl halides is 1. The third kappa shape index (κ3) is 2.72. The van der Waals surface area contributed by atoms with Crippen molar-refractivity contribution >= 4 is 33.3 Å². The summed E-state index contributed by atoms with van der Waals surface area (Å²) in [5, 5.41) is 0. The van der Waals surface area contributed by atoms with Gasteiger partial charge in [-0.15, -0.1) is 11.6 Å². The number of Topliss-reactive ketones (excluding diaryl/α,β-unsaturated/α-hetero) is 1. The van der Waals surface area contributed by atoms with Gasteiger partial charge in [-0.25, -0.2) is 0 Å². The standard InChI is InChI=1S/C10H10BrClO2/c1-14-9-4-2-3-7(10(9)11)5-8(13)6-12/h2-4H,5-6H2,1H3. The highest BCUT2D eigenvalue weighted by Crippen LogP contribution is 2.28. The number of hydrogen-bond acceptors (Lipinski definition) is 2. The van der Waals surface area contributed by atoms with Crippen molar-refractivity contribution in [2.45, 2.75) is 6.42 Å². The van der Waals surface area contributed by atoms with Gasteiger partial charge >= 0.3 is 0 Å². The lowest BCUT2D eigenvalue weighted by atomic mass is 10.1. The van der Waals surface area contributed by atoms with Crippen LogP contribution < -0.4 is 4.74 Å². The Morgan fingerprint density at radius 1 is 1.57 bits per heavy atom. The summed E-state index contributed by atoms with van der Waals surface area (Å²) in [5.41, 5.74) is 0.898. The molecule has 0 atom stereocenters. The number of benzene rings is 1. The summed E-state index contributed by atoms with van der Waals surface area (Å²) in [6.07, 6.45) is 0.335. The largest absolute Gasteiger partial charge is 0.496 e. The zero-order valence-corrected chi connectivity index (χ0v) is 10.1. The normalized spacial score (nSPS) is 9.93. The first kappa shape index (κ1) is 11.5. The van der Waals surface area contributed by atoms with Gasteiger partial charge in [-0.3, -0.25) is 4.79 Å². The average molecular weight is 278 g/mol. The Bertz CT molecular complexity index is 339. The highest BCUT2D eigenvalue weighted by molar-refractivity contribution is 9.10. The van der Waals surface area contributed by atoms with Crippen LogP contribution in [0.1, 0.15) is 5.56 Å². The molecule has 0 aliphatic carbocycles. The Morgan fingerprint density at radius 3 is 2.86 bits per heavy atom. The Labute approximate surface area is 96.3 Å². The molecule has 0 N–H and O–H groups in total. The summed E-state index contributed by atoms with van der Waals surface area (Å²) >= 11 is 8.81. The zero-order chi connectivity index (χ0) is 10.6. The molecule has 76 valence electrons. The van der Waals surface area contributed by atoms with E-state index in [2.05, 4.69) is 15.9 Å². The topological polar surface area (TPSA) is 26.3 Å². The highest BCUT2D eigenvalue weighted by atomic mass is 79.9. The zero-order valence-electron chi connectivity index (χ0n) is 7.72. The second kappa shape index (κ2) is 5.37. The average Bonchev–Trinajstić information content (AvgIpc) is 2.21. The minimum atomic E-state index is 0.000574. The fourth-order valence-corrected chi connectivity index (χ4v) is 1.77. The van der Waals surface area contributed by atoms with Crippen LogP contribution in [-0.2, 0) is 11.2 Å². The molecule has 0 unspecified atom stereocenters. The van der Waals surface area contributed by atoms with E-state index < -0.39 is 0 Å². The van der Waals surface area contributed by atoms with Crippen LogP contribution >= 0.6 is 27.5 Å². The Morgan fingerprint density at radius 2 is 2.29 bits per heavy atom. The van der Waals surface area contributed by atoms with E-state index in [9.17, 15) is 4.79 Å². The number of carbonyl (C=O) groups excluding carboxylic acids is 1. The minimum absolute atomic E-state index is 0.000574. The van der Waals surface area contributed by atoms with Crippen molar-refractivity contribution in [1.29, 1.82) is 0 Å². The maximum atomic E-state index is 11.1. The van der Waals surface area contributed by atoms with Crippen LogP contribution in [0.3, 0.4) is 0 Å². The van der Waals surface area contributed by atoms with Crippen molar-refractivity contribution < 1.29 is 9.53 Å². The molecule has 1 aromatic rings. The van der Waals surface area contributed by atoms with Crippen LogP contribution in [0.5, 0.6) is 5.75 Å². The molecule has 1 aromatic carbocycles. The number of rotatable bonds is 4. The SMILES string of the molecule is COc1cccc(CC(=O)CCl)c1Br. The molecule has 0 aliphatic rings. The van der Waals surface area contributed by atoms with Gasteiger partial charge in [-0.05, 0) is 27.6 Å². The van der Waals surface area contributed by atoms with Crippen LogP contribution in [0.2, 0.25) is 0 Å². The van der Waals surface area contributed by atoms with Gasteiger partial charge in [-0.1, -0.05) is 12.1 Å². The number of hydrogen-bond donors (Lipinski definition) is 0. The molecular formula is C10H10BrClO2. The fraction of sp³-hybridized carbons (Fsp3) is 0.300. The van der Waals surface area contributed by atoms with E-state index in [4.69, 9.17) is 16.3 Å². The molecular weight excluding hydrogens is 267 g/mol. The van der Waals surface area contributed by atoms with Crippen LogP contribution in [0.15, 0.2) is 22.7 Å². The molecule has 0 spiro atoms. The molecule has 0 saturated carbocycles. The summed E-state index contributed by atoms with van der Waals surface area (Å²) in [4.78, 5) is 11.1. The first-order chi connectivity index (χ1) is 6.69. The molecule has 0 amide bonds. The number of halogens is 2. The van der Waals surface area contributed by atoms with Crippen molar-refractivity contribution in [2.24, 2.45) is 0 Å². The van der Waals surface area contributed by atoms with Gasteiger partial charge in [-0.2, -0.15) is 0 Å². The van der Waals surface area contributed by atoms with E-state index in [1.807, 2.05) is 18.2 Å². The van der Waals surface area contributed by atoms with E-state index in [-0.39, 0.29) is 11.7 Å². The summed E-state index contributed by atoms with van der Waals surface area (Å²) in [6, 6.07) is 5.55. The molecule has 14 heavy (non-hydrogen) atoms. The highest BCUT2D eigenvalue weighted by Gasteiger charge is 2.09. The molecule has 2 nitrogen and oxygen atoms in total. The second-order valence-electron chi connectivity index (χ2n) is 2.78. The second-order valence-corrected chi connectivity index (χ2v) is 3.84. The summed E-state index contributed by atoms with van der Waals surface area (Å²) in [6.45, 7) is 0. The molecule has 0 aromatic heterocycles. The van der Waals surface area contributed by atoms with Crippen LogP contribution in [0.4, 0.5) is 0 Å². The fourth-order valence-electron chi connectivity index (χ4n) is 1.11. The smallest absolute Gasteiger partial charge is 0.151 e. The summed E-state index contributed by atoms with van der Waals surface area (Å²) in [5.74, 6) is 0.773. The molecule has 1 rings (SSSR count). The quantitative estimate of drug-likeness (QED) is 0.791. The third-order valence-corrected chi connectivity index (χ3v) is 3.00. The number of ether oxygens (including phenoxy) is 1. The van der Waals surface area contributed by atoms with Gasteiger partial charge in [0.05, 0.1) is 17.5 Å². The Kier molecular flexibility index (Phi) is 4.42. The van der Waals surface area contributed by atoms with Gasteiger partial charge in [0.2, 0.25) is 0 Å². The molecule has 0 bridgehead atoms. The Hall–Kier alpha value is -0.540. The molecule has 0 fully saturated rings. The van der Waals surface area contributed by atoms with Crippen molar-refractivity contribution in [3.8, 4) is 5.75 Å². The molecule has 0 aliphatic heterocycles. The Balaban J connectivity index is 2.92. The van der Waals surface area contributed by atoms with E-state index in [0.717, 1.165) is 15.8 Å². The van der Waals surface area contributed by atoms with Gasteiger partial charge in [0, 0.05) is 6.42 Å². The van der Waals surface area contributed by atoms with Gasteiger partial charge in [0.1, 0.15) is 5.75 Å². The lowest BCUT2D eigenvalue weighted by Gasteiger charge is -2.07. The van der Waals surface area contributed by atoms with Gasteiger partial charge < -0.3 is 4.74 Å². The van der Waals surface area contributed by atoms with Gasteiger partial charge in [0.25, 0.3) is 0 Å². The first-order valence-electron chi connectivity index (χ1n) is 4.08. The van der Waals surface area contributed by atoms with E-state index in [1.165, 1.54) is 0 Å².